The quantitative estimate of drug-likeness (QED) is 0.796. The van der Waals surface area contributed by atoms with Crippen molar-refractivity contribution in [3.8, 4) is 11.8 Å². The molecule has 1 unspecified atom stereocenters. The maximum absolute atomic E-state index is 8.55. The molecule has 96 valence electrons. The van der Waals surface area contributed by atoms with Gasteiger partial charge in [-0.25, -0.2) is 0 Å². The maximum atomic E-state index is 8.55. The molecule has 1 N–H and O–H groups in total. The fraction of sp³-hybridized carbons (Fsp3) is 0.500. The summed E-state index contributed by atoms with van der Waals surface area (Å²) in [4.78, 5) is 2.41. The van der Waals surface area contributed by atoms with E-state index in [0.717, 1.165) is 31.8 Å². The van der Waals surface area contributed by atoms with E-state index in [1.54, 1.807) is 7.11 Å². The predicted octanol–water partition coefficient (Wildman–Crippen LogP) is 1.38. The van der Waals surface area contributed by atoms with Gasteiger partial charge in [-0.3, -0.25) is 4.90 Å². The van der Waals surface area contributed by atoms with Crippen molar-refractivity contribution in [2.45, 2.75) is 19.0 Å². The second-order valence-electron chi connectivity index (χ2n) is 4.61. The summed E-state index contributed by atoms with van der Waals surface area (Å²) in [6, 6.07) is 10.8. The minimum Gasteiger partial charge on any atom is -0.497 e. The van der Waals surface area contributed by atoms with Crippen LogP contribution in [0.1, 0.15) is 12.0 Å². The van der Waals surface area contributed by atoms with E-state index in [0.29, 0.717) is 12.6 Å². The van der Waals surface area contributed by atoms with Crippen LogP contribution in [0.4, 0.5) is 0 Å². The van der Waals surface area contributed by atoms with E-state index in [2.05, 4.69) is 28.4 Å². The summed E-state index contributed by atoms with van der Waals surface area (Å²) in [5, 5.41) is 11.8. The molecule has 0 aromatic heterocycles. The lowest BCUT2D eigenvalue weighted by Gasteiger charge is -2.16. The molecule has 1 aliphatic rings. The zero-order valence-corrected chi connectivity index (χ0v) is 10.7. The number of nitriles is 1. The van der Waals surface area contributed by atoms with Gasteiger partial charge >= 0.3 is 0 Å². The molecule has 1 fully saturated rings. The Hall–Kier alpha value is -1.57. The number of ether oxygens (including phenoxy) is 1. The van der Waals surface area contributed by atoms with Gasteiger partial charge in [0, 0.05) is 25.7 Å². The lowest BCUT2D eigenvalue weighted by Crippen LogP contribution is -2.32. The first-order valence-electron chi connectivity index (χ1n) is 6.27. The lowest BCUT2D eigenvalue weighted by molar-refractivity contribution is 0.320. The van der Waals surface area contributed by atoms with E-state index < -0.39 is 0 Å². The highest BCUT2D eigenvalue weighted by molar-refractivity contribution is 5.28. The molecule has 4 heteroatoms. The molecule has 0 bridgehead atoms. The fourth-order valence-corrected chi connectivity index (χ4v) is 2.36. The molecule has 1 atom stereocenters. The lowest BCUT2D eigenvalue weighted by atomic mass is 10.2. The van der Waals surface area contributed by atoms with Gasteiger partial charge in [-0.15, -0.1) is 0 Å². The molecule has 1 heterocycles. The van der Waals surface area contributed by atoms with Crippen molar-refractivity contribution in [2.75, 3.05) is 26.7 Å². The zero-order chi connectivity index (χ0) is 12.8. The Morgan fingerprint density at radius 1 is 1.56 bits per heavy atom. The van der Waals surface area contributed by atoms with Crippen LogP contribution in [0.2, 0.25) is 0 Å². The highest BCUT2D eigenvalue weighted by Crippen LogP contribution is 2.17. The number of likely N-dealkylation sites (tertiary alicyclic amines) is 1. The molecule has 0 radical (unpaired) electrons. The van der Waals surface area contributed by atoms with Crippen molar-refractivity contribution in [1.82, 2.24) is 10.2 Å². The summed E-state index contributed by atoms with van der Waals surface area (Å²) in [7, 11) is 1.69. The highest BCUT2D eigenvalue weighted by Gasteiger charge is 2.21. The van der Waals surface area contributed by atoms with Gasteiger partial charge in [0.25, 0.3) is 0 Å². The van der Waals surface area contributed by atoms with Crippen LogP contribution in [0.5, 0.6) is 5.75 Å². The minimum atomic E-state index is 0.442. The first-order valence-corrected chi connectivity index (χ1v) is 6.27. The van der Waals surface area contributed by atoms with Crippen LogP contribution >= 0.6 is 0 Å². The number of rotatable bonds is 5. The molecule has 0 amide bonds. The van der Waals surface area contributed by atoms with E-state index in [9.17, 15) is 0 Å². The Morgan fingerprint density at radius 2 is 2.44 bits per heavy atom. The van der Waals surface area contributed by atoms with Crippen LogP contribution in [-0.2, 0) is 6.54 Å². The van der Waals surface area contributed by atoms with Gasteiger partial charge in [-0.05, 0) is 24.1 Å². The van der Waals surface area contributed by atoms with Gasteiger partial charge in [0.05, 0.1) is 19.7 Å². The van der Waals surface area contributed by atoms with Crippen LogP contribution < -0.4 is 10.1 Å². The zero-order valence-electron chi connectivity index (χ0n) is 10.7. The molecule has 1 aliphatic heterocycles. The Labute approximate surface area is 108 Å². The summed E-state index contributed by atoms with van der Waals surface area (Å²) in [5.74, 6) is 0.908. The van der Waals surface area contributed by atoms with E-state index in [4.69, 9.17) is 10.00 Å². The van der Waals surface area contributed by atoms with Crippen molar-refractivity contribution >= 4 is 0 Å². The van der Waals surface area contributed by atoms with Crippen molar-refractivity contribution < 1.29 is 4.74 Å². The van der Waals surface area contributed by atoms with Crippen LogP contribution in [0.3, 0.4) is 0 Å². The first kappa shape index (κ1) is 12.9. The van der Waals surface area contributed by atoms with Crippen molar-refractivity contribution in [3.63, 3.8) is 0 Å². The summed E-state index contributed by atoms with van der Waals surface area (Å²) in [5.41, 5.74) is 1.27. The summed E-state index contributed by atoms with van der Waals surface area (Å²) < 4.78 is 5.23. The van der Waals surface area contributed by atoms with E-state index in [1.807, 2.05) is 12.1 Å². The normalized spacial score (nSPS) is 19.7. The highest BCUT2D eigenvalue weighted by atomic mass is 16.5. The standard InChI is InChI=1S/C14H19N3O/c1-18-14-4-2-3-12(9-14)10-17-8-5-13(11-17)16-7-6-15/h2-4,9,13,16H,5,7-8,10-11H2,1H3. The third-order valence-electron chi connectivity index (χ3n) is 3.28. The molecule has 0 spiro atoms. The van der Waals surface area contributed by atoms with Gasteiger partial charge in [0.2, 0.25) is 0 Å². The van der Waals surface area contributed by atoms with E-state index in [-0.39, 0.29) is 0 Å². The topological polar surface area (TPSA) is 48.3 Å². The molecule has 18 heavy (non-hydrogen) atoms. The predicted molar refractivity (Wildman–Crippen MR) is 70.3 cm³/mol. The molecular formula is C14H19N3O. The van der Waals surface area contributed by atoms with Gasteiger partial charge in [-0.1, -0.05) is 12.1 Å². The Bertz CT molecular complexity index is 427. The maximum Gasteiger partial charge on any atom is 0.119 e. The monoisotopic (exact) mass is 245 g/mol. The van der Waals surface area contributed by atoms with Crippen LogP contribution in [0.15, 0.2) is 24.3 Å². The number of benzene rings is 1. The van der Waals surface area contributed by atoms with Gasteiger partial charge in [0.1, 0.15) is 5.75 Å². The van der Waals surface area contributed by atoms with E-state index in [1.165, 1.54) is 5.56 Å². The average Bonchev–Trinajstić information content (AvgIpc) is 2.84. The Kier molecular flexibility index (Phi) is 4.57. The van der Waals surface area contributed by atoms with E-state index >= 15 is 0 Å². The molecule has 0 saturated carbocycles. The molecule has 1 aromatic rings. The number of hydrogen-bond acceptors (Lipinski definition) is 4. The number of methoxy groups -OCH3 is 1. The van der Waals surface area contributed by atoms with Crippen LogP contribution in [-0.4, -0.2) is 37.7 Å². The average molecular weight is 245 g/mol. The summed E-state index contributed by atoms with van der Waals surface area (Å²) in [6.07, 6.45) is 1.12. The second-order valence-corrected chi connectivity index (χ2v) is 4.61. The Balaban J connectivity index is 1.85. The smallest absolute Gasteiger partial charge is 0.119 e. The minimum absolute atomic E-state index is 0.442. The molecule has 2 rings (SSSR count). The van der Waals surface area contributed by atoms with Crippen molar-refractivity contribution in [2.24, 2.45) is 0 Å². The molecule has 1 saturated heterocycles. The summed E-state index contributed by atoms with van der Waals surface area (Å²) in [6.45, 7) is 3.48. The van der Waals surface area contributed by atoms with Crippen LogP contribution in [0, 0.1) is 11.3 Å². The van der Waals surface area contributed by atoms with Gasteiger partial charge in [-0.2, -0.15) is 5.26 Å². The van der Waals surface area contributed by atoms with Crippen molar-refractivity contribution in [1.29, 1.82) is 5.26 Å². The molecule has 0 aliphatic carbocycles. The largest absolute Gasteiger partial charge is 0.497 e. The van der Waals surface area contributed by atoms with Gasteiger partial charge < -0.3 is 10.1 Å². The number of hydrogen-bond donors (Lipinski definition) is 1. The van der Waals surface area contributed by atoms with Crippen molar-refractivity contribution in [3.05, 3.63) is 29.8 Å². The number of nitrogens with one attached hydrogen (secondary N) is 1. The van der Waals surface area contributed by atoms with Crippen LogP contribution in [0.25, 0.3) is 0 Å². The number of nitrogens with zero attached hydrogens (tertiary/aromatic N) is 2. The molecule has 4 nitrogen and oxygen atoms in total. The third-order valence-corrected chi connectivity index (χ3v) is 3.28. The Morgan fingerprint density at radius 3 is 3.22 bits per heavy atom. The molecule has 1 aromatic carbocycles. The second kappa shape index (κ2) is 6.39. The third kappa shape index (κ3) is 3.46. The summed E-state index contributed by atoms with van der Waals surface area (Å²) >= 11 is 0. The SMILES string of the molecule is COc1cccc(CN2CCC(NCC#N)C2)c1. The first-order chi connectivity index (χ1) is 8.81. The van der Waals surface area contributed by atoms with Gasteiger partial charge in [0.15, 0.2) is 0 Å². The molecular weight excluding hydrogens is 226 g/mol. The fourth-order valence-electron chi connectivity index (χ4n) is 2.36.